The van der Waals surface area contributed by atoms with Crippen molar-refractivity contribution in [2.24, 2.45) is 0 Å². The van der Waals surface area contributed by atoms with Crippen LogP contribution in [0.4, 0.5) is 5.13 Å². The van der Waals surface area contributed by atoms with Gasteiger partial charge in [0.25, 0.3) is 5.91 Å². The van der Waals surface area contributed by atoms with Crippen molar-refractivity contribution in [3.05, 3.63) is 63.7 Å². The molecular formula is C27H30N4O4S. The van der Waals surface area contributed by atoms with E-state index in [2.05, 4.69) is 22.4 Å². The topological polar surface area (TPSA) is 106 Å². The fourth-order valence-corrected chi connectivity index (χ4v) is 3.86. The van der Waals surface area contributed by atoms with E-state index in [1.807, 2.05) is 52.0 Å². The number of anilines is 1. The van der Waals surface area contributed by atoms with Gasteiger partial charge in [-0.2, -0.15) is 5.26 Å². The molecule has 0 atom stereocenters. The summed E-state index contributed by atoms with van der Waals surface area (Å²) < 4.78 is 17.4. The van der Waals surface area contributed by atoms with Crippen LogP contribution in [-0.2, 0) is 4.79 Å². The highest BCUT2D eigenvalue weighted by molar-refractivity contribution is 7.15. The molecule has 0 unspecified atom stereocenters. The van der Waals surface area contributed by atoms with Crippen molar-refractivity contribution >= 4 is 28.5 Å². The number of aromatic nitrogens is 2. The Bertz CT molecular complexity index is 1280. The fourth-order valence-electron chi connectivity index (χ4n) is 3.11. The Morgan fingerprint density at radius 1 is 1.06 bits per heavy atom. The van der Waals surface area contributed by atoms with Crippen LogP contribution < -0.4 is 19.5 Å². The molecule has 3 rings (SSSR count). The van der Waals surface area contributed by atoms with Gasteiger partial charge < -0.3 is 14.2 Å². The highest BCUT2D eigenvalue weighted by Gasteiger charge is 2.15. The van der Waals surface area contributed by atoms with E-state index in [9.17, 15) is 10.1 Å². The molecule has 8 nitrogen and oxygen atoms in total. The van der Waals surface area contributed by atoms with Gasteiger partial charge >= 0.3 is 0 Å². The molecule has 9 heteroatoms. The van der Waals surface area contributed by atoms with E-state index >= 15 is 0 Å². The van der Waals surface area contributed by atoms with Gasteiger partial charge in [0.05, 0.1) is 6.61 Å². The first-order chi connectivity index (χ1) is 17.3. The summed E-state index contributed by atoms with van der Waals surface area (Å²) in [5.74, 6) is 1.51. The predicted molar refractivity (Wildman–Crippen MR) is 141 cm³/mol. The number of ether oxygens (including phenoxy) is 3. The Balaban J connectivity index is 1.65. The molecule has 3 aromatic rings. The number of aryl methyl sites for hydroxylation is 2. The van der Waals surface area contributed by atoms with Crippen LogP contribution in [0.3, 0.4) is 0 Å². The van der Waals surface area contributed by atoms with Crippen LogP contribution in [0.2, 0.25) is 0 Å². The molecule has 188 valence electrons. The third-order valence-corrected chi connectivity index (χ3v) is 6.33. The molecule has 1 N–H and O–H groups in total. The molecule has 0 bridgehead atoms. The molecule has 0 radical (unpaired) electrons. The van der Waals surface area contributed by atoms with Crippen molar-refractivity contribution < 1.29 is 19.0 Å². The second-order valence-corrected chi connectivity index (χ2v) is 9.32. The smallest absolute Gasteiger partial charge is 0.268 e. The first-order valence-corrected chi connectivity index (χ1v) is 12.5. The lowest BCUT2D eigenvalue weighted by molar-refractivity contribution is -0.112. The van der Waals surface area contributed by atoms with Gasteiger partial charge in [-0.25, -0.2) is 0 Å². The van der Waals surface area contributed by atoms with Gasteiger partial charge in [-0.3, -0.25) is 10.1 Å². The number of nitrogens with zero attached hydrogens (tertiary/aromatic N) is 3. The van der Waals surface area contributed by atoms with Gasteiger partial charge in [0, 0.05) is 5.92 Å². The zero-order chi connectivity index (χ0) is 26.1. The lowest BCUT2D eigenvalue weighted by Crippen LogP contribution is -2.13. The van der Waals surface area contributed by atoms with Crippen molar-refractivity contribution in [2.75, 3.05) is 25.1 Å². The number of nitrogens with one attached hydrogen (secondary N) is 1. The highest BCUT2D eigenvalue weighted by atomic mass is 32.1. The zero-order valence-electron chi connectivity index (χ0n) is 21.1. The van der Waals surface area contributed by atoms with Crippen LogP contribution in [0.15, 0.2) is 42.0 Å². The largest absolute Gasteiger partial charge is 0.490 e. The number of carbonyl (C=O) groups excluding carboxylic acids is 1. The SMILES string of the molecule is CCOc1cc(/C=C(/C#N)C(=O)Nc2nnc(C(C)C)s2)ccc1OCCOc1ccc(C)c(C)c1. The fraction of sp³-hybridized carbons (Fsp3) is 0.333. The first-order valence-electron chi connectivity index (χ1n) is 11.7. The minimum atomic E-state index is -0.550. The average molecular weight is 507 g/mol. The molecule has 1 heterocycles. The van der Waals surface area contributed by atoms with Crippen molar-refractivity contribution in [1.29, 1.82) is 5.26 Å². The lowest BCUT2D eigenvalue weighted by atomic mass is 10.1. The maximum atomic E-state index is 12.6. The highest BCUT2D eigenvalue weighted by Crippen LogP contribution is 2.30. The summed E-state index contributed by atoms with van der Waals surface area (Å²) in [5, 5.41) is 21.4. The molecule has 1 amide bonds. The van der Waals surface area contributed by atoms with Gasteiger partial charge in [0.2, 0.25) is 5.13 Å². The molecule has 36 heavy (non-hydrogen) atoms. The number of amides is 1. The average Bonchev–Trinajstić information content (AvgIpc) is 3.32. The Morgan fingerprint density at radius 2 is 1.83 bits per heavy atom. The first kappa shape index (κ1) is 26.7. The van der Waals surface area contributed by atoms with Crippen LogP contribution in [0.25, 0.3) is 6.08 Å². The summed E-state index contributed by atoms with van der Waals surface area (Å²) in [7, 11) is 0. The van der Waals surface area contributed by atoms with Crippen molar-refractivity contribution in [2.45, 2.75) is 40.5 Å². The van der Waals surface area contributed by atoms with Gasteiger partial charge in [-0.05, 0) is 67.8 Å². The lowest BCUT2D eigenvalue weighted by Gasteiger charge is -2.13. The number of rotatable bonds is 11. The van der Waals surface area contributed by atoms with Gasteiger partial charge in [0.1, 0.15) is 35.6 Å². The van der Waals surface area contributed by atoms with Gasteiger partial charge in [-0.15, -0.1) is 10.2 Å². The van der Waals surface area contributed by atoms with E-state index in [0.29, 0.717) is 42.0 Å². The second-order valence-electron chi connectivity index (χ2n) is 8.31. The molecule has 0 saturated heterocycles. The van der Waals surface area contributed by atoms with E-state index in [4.69, 9.17) is 14.2 Å². The molecule has 1 aromatic heterocycles. The van der Waals surface area contributed by atoms with Crippen molar-refractivity contribution in [3.63, 3.8) is 0 Å². The maximum Gasteiger partial charge on any atom is 0.268 e. The van der Waals surface area contributed by atoms with E-state index in [0.717, 1.165) is 10.8 Å². The Morgan fingerprint density at radius 3 is 2.50 bits per heavy atom. The monoisotopic (exact) mass is 506 g/mol. The molecule has 0 spiro atoms. The molecule has 0 aliphatic carbocycles. The molecule has 0 aliphatic rings. The second kappa shape index (κ2) is 12.7. The summed E-state index contributed by atoms with van der Waals surface area (Å²) >= 11 is 1.29. The molecule has 0 saturated carbocycles. The van der Waals surface area contributed by atoms with Gasteiger partial charge in [-0.1, -0.05) is 37.3 Å². The molecule has 0 aliphatic heterocycles. The van der Waals surface area contributed by atoms with Crippen LogP contribution >= 0.6 is 11.3 Å². The van der Waals surface area contributed by atoms with Gasteiger partial charge in [0.15, 0.2) is 11.5 Å². The number of hydrogen-bond donors (Lipinski definition) is 1. The molecule has 0 fully saturated rings. The molecule has 2 aromatic carbocycles. The number of benzene rings is 2. The van der Waals surface area contributed by atoms with Crippen molar-refractivity contribution in [1.82, 2.24) is 10.2 Å². The Labute approximate surface area is 215 Å². The maximum absolute atomic E-state index is 12.6. The van der Waals surface area contributed by atoms with E-state index < -0.39 is 5.91 Å². The Hall–Kier alpha value is -3.90. The van der Waals surface area contributed by atoms with E-state index in [1.165, 1.54) is 28.5 Å². The normalized spacial score (nSPS) is 11.2. The van der Waals surface area contributed by atoms with Crippen LogP contribution in [0.1, 0.15) is 48.4 Å². The number of nitriles is 1. The van der Waals surface area contributed by atoms with E-state index in [1.54, 1.807) is 18.2 Å². The Kier molecular flexibility index (Phi) is 9.42. The van der Waals surface area contributed by atoms with Crippen LogP contribution in [0.5, 0.6) is 17.2 Å². The zero-order valence-corrected chi connectivity index (χ0v) is 21.9. The number of hydrogen-bond acceptors (Lipinski definition) is 8. The van der Waals surface area contributed by atoms with Crippen LogP contribution in [-0.4, -0.2) is 35.9 Å². The summed E-state index contributed by atoms with van der Waals surface area (Å²) in [6.07, 6.45) is 1.49. The third kappa shape index (κ3) is 7.30. The van der Waals surface area contributed by atoms with Crippen LogP contribution in [0, 0.1) is 25.2 Å². The summed E-state index contributed by atoms with van der Waals surface area (Å²) in [4.78, 5) is 12.6. The summed E-state index contributed by atoms with van der Waals surface area (Å²) in [6, 6.07) is 13.1. The standard InChI is InChI=1S/C27H30N4O4S/c1-6-33-24-15-20(14-21(16-28)25(32)29-27-31-30-26(36-27)17(2)3)8-10-23(24)35-12-11-34-22-9-7-18(4)19(5)13-22/h7-10,13-15,17H,6,11-12H2,1-5H3,(H,29,31,32)/b21-14-. The third-order valence-electron chi connectivity index (χ3n) is 5.19. The summed E-state index contributed by atoms with van der Waals surface area (Å²) in [6.45, 7) is 11.1. The van der Waals surface area contributed by atoms with Crippen molar-refractivity contribution in [3.8, 4) is 23.3 Å². The summed E-state index contributed by atoms with van der Waals surface area (Å²) in [5.41, 5.74) is 2.95. The quantitative estimate of drug-likeness (QED) is 0.203. The molecular weight excluding hydrogens is 476 g/mol. The minimum absolute atomic E-state index is 0.0609. The number of carbonyl (C=O) groups is 1. The minimum Gasteiger partial charge on any atom is -0.490 e. The van der Waals surface area contributed by atoms with E-state index in [-0.39, 0.29) is 11.5 Å². The predicted octanol–water partition coefficient (Wildman–Crippen LogP) is 5.68.